The molecular weight excluding hydrogens is 394 g/mol. The Bertz CT molecular complexity index is 1250. The van der Waals surface area contributed by atoms with E-state index in [1.54, 1.807) is 35.4 Å². The lowest BCUT2D eigenvalue weighted by Crippen LogP contribution is -2.43. The molecule has 5 rings (SSSR count). The summed E-state index contributed by atoms with van der Waals surface area (Å²) in [6.45, 7) is 3.54. The van der Waals surface area contributed by atoms with Crippen LogP contribution in [0.15, 0.2) is 48.9 Å². The Balaban J connectivity index is 1.37. The number of piperazine rings is 1. The Labute approximate surface area is 178 Å². The maximum Gasteiger partial charge on any atom is 0.257 e. The van der Waals surface area contributed by atoms with Crippen molar-refractivity contribution >= 4 is 28.4 Å². The molecule has 0 spiro atoms. The molecule has 0 atom stereocenters. The molecule has 0 unspecified atom stereocenters. The lowest BCUT2D eigenvalue weighted by atomic mass is 10.2. The molecular formula is C21H21N9O. The maximum absolute atomic E-state index is 12.8. The summed E-state index contributed by atoms with van der Waals surface area (Å²) < 4.78 is 1.63. The molecule has 0 saturated carbocycles. The Morgan fingerprint density at radius 1 is 1.10 bits per heavy atom. The van der Waals surface area contributed by atoms with Crippen LogP contribution >= 0.6 is 0 Å². The second-order valence-electron chi connectivity index (χ2n) is 7.33. The normalized spacial score (nSPS) is 14.0. The number of hydrogen-bond donors (Lipinski definition) is 2. The van der Waals surface area contributed by atoms with E-state index in [-0.39, 0.29) is 5.91 Å². The molecule has 1 amide bonds. The third-order valence-electron chi connectivity index (χ3n) is 5.13. The van der Waals surface area contributed by atoms with Gasteiger partial charge in [0.2, 0.25) is 0 Å². The van der Waals surface area contributed by atoms with Crippen LogP contribution in [0.3, 0.4) is 0 Å². The molecule has 1 fully saturated rings. The predicted molar refractivity (Wildman–Crippen MR) is 117 cm³/mol. The predicted octanol–water partition coefficient (Wildman–Crippen LogP) is 1.48. The Morgan fingerprint density at radius 3 is 2.77 bits per heavy atom. The van der Waals surface area contributed by atoms with E-state index in [1.165, 1.54) is 0 Å². The van der Waals surface area contributed by atoms with Crippen LogP contribution in [0.4, 0.5) is 11.6 Å². The number of anilines is 2. The van der Waals surface area contributed by atoms with Crippen LogP contribution in [0.25, 0.3) is 22.3 Å². The van der Waals surface area contributed by atoms with Gasteiger partial charge in [0.15, 0.2) is 0 Å². The highest BCUT2D eigenvalue weighted by atomic mass is 16.1. The third kappa shape index (κ3) is 4.05. The van der Waals surface area contributed by atoms with E-state index in [4.69, 9.17) is 0 Å². The zero-order chi connectivity index (χ0) is 21.2. The van der Waals surface area contributed by atoms with Gasteiger partial charge in [-0.2, -0.15) is 0 Å². The molecule has 0 bridgehead atoms. The van der Waals surface area contributed by atoms with Crippen LogP contribution in [0.1, 0.15) is 10.4 Å². The molecule has 0 radical (unpaired) electrons. The van der Waals surface area contributed by atoms with Crippen LogP contribution in [0.5, 0.6) is 0 Å². The summed E-state index contributed by atoms with van der Waals surface area (Å²) in [7, 11) is 1.81. The molecule has 1 aliphatic heterocycles. The number of pyridine rings is 3. The Hall–Kier alpha value is -3.92. The van der Waals surface area contributed by atoms with Crippen molar-refractivity contribution in [1.82, 2.24) is 35.3 Å². The summed E-state index contributed by atoms with van der Waals surface area (Å²) in [6.07, 6.45) is 5.16. The third-order valence-corrected chi connectivity index (χ3v) is 5.13. The minimum absolute atomic E-state index is 0.240. The molecule has 2 N–H and O–H groups in total. The van der Waals surface area contributed by atoms with Gasteiger partial charge in [-0.15, -0.1) is 5.10 Å². The van der Waals surface area contributed by atoms with Gasteiger partial charge in [-0.1, -0.05) is 5.21 Å². The molecule has 4 aromatic heterocycles. The number of rotatable bonds is 4. The maximum atomic E-state index is 12.8. The van der Waals surface area contributed by atoms with Gasteiger partial charge in [0.25, 0.3) is 5.91 Å². The van der Waals surface area contributed by atoms with Crippen molar-refractivity contribution in [3.63, 3.8) is 0 Å². The van der Waals surface area contributed by atoms with Crippen LogP contribution in [-0.4, -0.2) is 62.0 Å². The van der Waals surface area contributed by atoms with Crippen molar-refractivity contribution in [2.45, 2.75) is 0 Å². The Kier molecular flexibility index (Phi) is 4.97. The lowest BCUT2D eigenvalue weighted by Gasteiger charge is -2.28. The van der Waals surface area contributed by atoms with E-state index in [0.29, 0.717) is 28.3 Å². The van der Waals surface area contributed by atoms with E-state index in [0.717, 1.165) is 37.4 Å². The van der Waals surface area contributed by atoms with E-state index in [1.807, 2.05) is 25.2 Å². The fourth-order valence-corrected chi connectivity index (χ4v) is 3.51. The van der Waals surface area contributed by atoms with Gasteiger partial charge >= 0.3 is 0 Å². The van der Waals surface area contributed by atoms with Crippen molar-refractivity contribution in [1.29, 1.82) is 0 Å². The summed E-state index contributed by atoms with van der Waals surface area (Å²) in [5.74, 6) is 0.994. The van der Waals surface area contributed by atoms with Crippen molar-refractivity contribution < 1.29 is 4.79 Å². The Morgan fingerprint density at radius 2 is 1.97 bits per heavy atom. The van der Waals surface area contributed by atoms with Crippen LogP contribution in [0.2, 0.25) is 0 Å². The molecule has 1 aliphatic rings. The highest BCUT2D eigenvalue weighted by Crippen LogP contribution is 2.21. The van der Waals surface area contributed by atoms with Gasteiger partial charge in [0.05, 0.1) is 17.4 Å². The number of fused-ring (bicyclic) bond motifs is 1. The van der Waals surface area contributed by atoms with E-state index < -0.39 is 0 Å². The van der Waals surface area contributed by atoms with Crippen molar-refractivity contribution in [2.24, 2.45) is 7.05 Å². The number of carbonyl (C=O) groups is 1. The van der Waals surface area contributed by atoms with Gasteiger partial charge in [0, 0.05) is 62.6 Å². The minimum atomic E-state index is -0.240. The minimum Gasteiger partial charge on any atom is -0.354 e. The molecule has 5 heterocycles. The van der Waals surface area contributed by atoms with E-state index in [2.05, 4.69) is 40.8 Å². The SMILES string of the molecule is Cn1cc(-c2ccc3cnc(NC(=O)c4ccnc(N5CCNCC5)c4)cc3n2)nn1. The number of hydrogen-bond acceptors (Lipinski definition) is 8. The topological polar surface area (TPSA) is 114 Å². The van der Waals surface area contributed by atoms with Gasteiger partial charge < -0.3 is 15.5 Å². The first-order valence-corrected chi connectivity index (χ1v) is 10.0. The van der Waals surface area contributed by atoms with Gasteiger partial charge in [-0.3, -0.25) is 9.48 Å². The summed E-state index contributed by atoms with van der Waals surface area (Å²) in [4.78, 5) is 28.4. The second-order valence-corrected chi connectivity index (χ2v) is 7.33. The molecule has 1 saturated heterocycles. The molecule has 4 aromatic rings. The summed E-state index contributed by atoms with van der Waals surface area (Å²) in [5.41, 5.74) is 2.64. The first-order chi connectivity index (χ1) is 15.2. The summed E-state index contributed by atoms with van der Waals surface area (Å²) >= 11 is 0. The molecule has 10 nitrogen and oxygen atoms in total. The molecule has 156 valence electrons. The summed E-state index contributed by atoms with van der Waals surface area (Å²) in [5, 5.41) is 15.1. The number of carbonyl (C=O) groups excluding carboxylic acids is 1. The number of aromatic nitrogens is 6. The fraction of sp³-hybridized carbons (Fsp3) is 0.238. The number of nitrogens with zero attached hydrogens (tertiary/aromatic N) is 7. The molecule has 0 aromatic carbocycles. The number of aryl methyl sites for hydroxylation is 1. The standard InChI is InChI=1S/C21H21N9O/c1-29-13-18(27-28-29)16-3-2-15-12-24-19(11-17(15)25-16)26-21(31)14-4-5-23-20(10-14)30-8-6-22-7-9-30/h2-5,10-13,22H,6-9H2,1H3,(H,24,26,31). The van der Waals surface area contributed by atoms with Gasteiger partial charge in [-0.05, 0) is 24.3 Å². The highest BCUT2D eigenvalue weighted by molar-refractivity contribution is 6.04. The lowest BCUT2D eigenvalue weighted by molar-refractivity contribution is 0.102. The van der Waals surface area contributed by atoms with Crippen molar-refractivity contribution in [2.75, 3.05) is 36.4 Å². The molecule has 31 heavy (non-hydrogen) atoms. The van der Waals surface area contributed by atoms with Crippen molar-refractivity contribution in [3.05, 3.63) is 54.5 Å². The molecule has 10 heteroatoms. The number of amides is 1. The zero-order valence-electron chi connectivity index (χ0n) is 17.0. The average molecular weight is 415 g/mol. The first-order valence-electron chi connectivity index (χ1n) is 10.0. The summed E-state index contributed by atoms with van der Waals surface area (Å²) in [6, 6.07) is 9.07. The largest absolute Gasteiger partial charge is 0.354 e. The van der Waals surface area contributed by atoms with Crippen LogP contribution in [0, 0.1) is 0 Å². The van der Waals surface area contributed by atoms with E-state index in [9.17, 15) is 4.79 Å². The quantitative estimate of drug-likeness (QED) is 0.515. The van der Waals surface area contributed by atoms with Crippen molar-refractivity contribution in [3.8, 4) is 11.4 Å². The van der Waals surface area contributed by atoms with Gasteiger partial charge in [-0.25, -0.2) is 15.0 Å². The monoisotopic (exact) mass is 415 g/mol. The smallest absolute Gasteiger partial charge is 0.257 e. The second kappa shape index (κ2) is 8.07. The van der Waals surface area contributed by atoms with Crippen LogP contribution in [-0.2, 0) is 7.05 Å². The van der Waals surface area contributed by atoms with E-state index >= 15 is 0 Å². The average Bonchev–Trinajstić information content (AvgIpc) is 3.25. The zero-order valence-corrected chi connectivity index (χ0v) is 17.0. The fourth-order valence-electron chi connectivity index (χ4n) is 3.51. The number of nitrogens with one attached hydrogen (secondary N) is 2. The molecule has 0 aliphatic carbocycles. The van der Waals surface area contributed by atoms with Crippen LogP contribution < -0.4 is 15.5 Å². The highest BCUT2D eigenvalue weighted by Gasteiger charge is 2.15. The van der Waals surface area contributed by atoms with Gasteiger partial charge in [0.1, 0.15) is 17.3 Å². The first kappa shape index (κ1) is 19.1.